The molecule has 1 heterocycles. The SMILES string of the molecule is CCC(CC)CC(=O)N1CCCCOC1=O. The third-order valence-corrected chi connectivity index (χ3v) is 3.14. The number of carbonyl (C=O) groups excluding carboxylic acids is 2. The van der Waals surface area contributed by atoms with Crippen molar-refractivity contribution in [1.29, 1.82) is 0 Å². The molecule has 0 aromatic carbocycles. The minimum absolute atomic E-state index is 0.0828. The van der Waals surface area contributed by atoms with Crippen LogP contribution < -0.4 is 0 Å². The van der Waals surface area contributed by atoms with Crippen LogP contribution in [0.25, 0.3) is 0 Å². The molecule has 0 N–H and O–H groups in total. The van der Waals surface area contributed by atoms with Crippen LogP contribution in [0.2, 0.25) is 0 Å². The Balaban J connectivity index is 2.53. The van der Waals surface area contributed by atoms with Crippen LogP contribution in [0.15, 0.2) is 0 Å². The lowest BCUT2D eigenvalue weighted by Gasteiger charge is -2.19. The number of hydrogen-bond donors (Lipinski definition) is 0. The zero-order chi connectivity index (χ0) is 12.0. The summed E-state index contributed by atoms with van der Waals surface area (Å²) in [6.45, 7) is 5.09. The molecule has 0 aromatic heterocycles. The highest BCUT2D eigenvalue weighted by atomic mass is 16.6. The first-order valence-corrected chi connectivity index (χ1v) is 6.16. The van der Waals surface area contributed by atoms with Crippen molar-refractivity contribution >= 4 is 12.0 Å². The number of carbonyl (C=O) groups is 2. The van der Waals surface area contributed by atoms with Crippen molar-refractivity contribution in [3.63, 3.8) is 0 Å². The molecule has 2 amide bonds. The maximum absolute atomic E-state index is 11.9. The summed E-state index contributed by atoms with van der Waals surface area (Å²) in [5, 5.41) is 0. The van der Waals surface area contributed by atoms with Crippen LogP contribution >= 0.6 is 0 Å². The molecule has 1 saturated heterocycles. The van der Waals surface area contributed by atoms with E-state index >= 15 is 0 Å². The van der Waals surface area contributed by atoms with E-state index in [1.165, 1.54) is 4.90 Å². The average molecular weight is 227 g/mol. The molecule has 0 bridgehead atoms. The van der Waals surface area contributed by atoms with Crippen LogP contribution in [0, 0.1) is 5.92 Å². The van der Waals surface area contributed by atoms with E-state index in [0.29, 0.717) is 25.5 Å². The second-order valence-corrected chi connectivity index (χ2v) is 4.25. The molecule has 1 fully saturated rings. The van der Waals surface area contributed by atoms with Gasteiger partial charge in [-0.3, -0.25) is 4.79 Å². The van der Waals surface area contributed by atoms with E-state index in [4.69, 9.17) is 4.74 Å². The number of rotatable bonds is 4. The van der Waals surface area contributed by atoms with Crippen molar-refractivity contribution in [1.82, 2.24) is 4.90 Å². The van der Waals surface area contributed by atoms with Crippen LogP contribution in [0.3, 0.4) is 0 Å². The molecular formula is C12H21NO3. The second-order valence-electron chi connectivity index (χ2n) is 4.25. The standard InChI is InChI=1S/C12H21NO3/c1-3-10(4-2)9-11(14)13-7-5-6-8-16-12(13)15/h10H,3-9H2,1-2H3. The van der Waals surface area contributed by atoms with Gasteiger partial charge in [-0.05, 0) is 18.8 Å². The van der Waals surface area contributed by atoms with Gasteiger partial charge < -0.3 is 4.74 Å². The van der Waals surface area contributed by atoms with E-state index in [-0.39, 0.29) is 5.91 Å². The summed E-state index contributed by atoms with van der Waals surface area (Å²) in [7, 11) is 0. The Bertz CT molecular complexity index is 249. The molecule has 0 saturated carbocycles. The highest BCUT2D eigenvalue weighted by molar-refractivity contribution is 5.92. The third-order valence-electron chi connectivity index (χ3n) is 3.14. The number of cyclic esters (lactones) is 1. The van der Waals surface area contributed by atoms with Gasteiger partial charge >= 0.3 is 6.09 Å². The highest BCUT2D eigenvalue weighted by Gasteiger charge is 2.25. The number of nitrogens with zero attached hydrogens (tertiary/aromatic N) is 1. The van der Waals surface area contributed by atoms with E-state index in [0.717, 1.165) is 25.7 Å². The summed E-state index contributed by atoms with van der Waals surface area (Å²) < 4.78 is 4.95. The first kappa shape index (κ1) is 13.0. The summed E-state index contributed by atoms with van der Waals surface area (Å²) in [5.74, 6) is 0.296. The molecule has 1 aliphatic rings. The lowest BCUT2D eigenvalue weighted by Crippen LogP contribution is -2.37. The topological polar surface area (TPSA) is 46.6 Å². The van der Waals surface area contributed by atoms with E-state index in [9.17, 15) is 9.59 Å². The molecule has 1 rings (SSSR count). The summed E-state index contributed by atoms with van der Waals surface area (Å²) in [6, 6.07) is 0. The molecule has 0 aliphatic carbocycles. The lowest BCUT2D eigenvalue weighted by molar-refractivity contribution is -0.130. The van der Waals surface area contributed by atoms with Gasteiger partial charge in [0.25, 0.3) is 0 Å². The Labute approximate surface area is 96.9 Å². The molecule has 0 radical (unpaired) electrons. The maximum Gasteiger partial charge on any atom is 0.416 e. The van der Waals surface area contributed by atoms with Gasteiger partial charge in [0.1, 0.15) is 0 Å². The zero-order valence-corrected chi connectivity index (χ0v) is 10.2. The highest BCUT2D eigenvalue weighted by Crippen LogP contribution is 2.16. The molecule has 0 atom stereocenters. The summed E-state index contributed by atoms with van der Waals surface area (Å²) >= 11 is 0. The summed E-state index contributed by atoms with van der Waals surface area (Å²) in [6.07, 6.45) is 3.65. The second kappa shape index (κ2) is 6.51. The van der Waals surface area contributed by atoms with Crippen molar-refractivity contribution in [2.24, 2.45) is 5.92 Å². The smallest absolute Gasteiger partial charge is 0.416 e. The van der Waals surface area contributed by atoms with Gasteiger partial charge in [0, 0.05) is 13.0 Å². The Morgan fingerprint density at radius 2 is 2.06 bits per heavy atom. The minimum atomic E-state index is -0.464. The average Bonchev–Trinajstić information content (AvgIpc) is 2.50. The van der Waals surface area contributed by atoms with Crippen LogP contribution in [-0.2, 0) is 9.53 Å². The largest absolute Gasteiger partial charge is 0.449 e. The van der Waals surface area contributed by atoms with Crippen LogP contribution in [0.5, 0.6) is 0 Å². The normalized spacial score (nSPS) is 17.2. The first-order chi connectivity index (χ1) is 7.69. The minimum Gasteiger partial charge on any atom is -0.449 e. The Hall–Kier alpha value is -1.06. The molecule has 0 unspecified atom stereocenters. The molecular weight excluding hydrogens is 206 g/mol. The van der Waals surface area contributed by atoms with E-state index in [2.05, 4.69) is 13.8 Å². The number of imide groups is 1. The number of hydrogen-bond acceptors (Lipinski definition) is 3. The molecule has 16 heavy (non-hydrogen) atoms. The maximum atomic E-state index is 11.9. The van der Waals surface area contributed by atoms with Gasteiger partial charge in [-0.15, -0.1) is 0 Å². The van der Waals surface area contributed by atoms with E-state index in [1.807, 2.05) is 0 Å². The number of ether oxygens (including phenoxy) is 1. The van der Waals surface area contributed by atoms with Gasteiger partial charge in [0.05, 0.1) is 6.61 Å². The lowest BCUT2D eigenvalue weighted by atomic mass is 9.99. The molecule has 0 spiro atoms. The Kier molecular flexibility index (Phi) is 5.29. The molecule has 0 aromatic rings. The van der Waals surface area contributed by atoms with Gasteiger partial charge in [-0.2, -0.15) is 0 Å². The van der Waals surface area contributed by atoms with Gasteiger partial charge in [-0.25, -0.2) is 9.69 Å². The van der Waals surface area contributed by atoms with Crippen molar-refractivity contribution < 1.29 is 14.3 Å². The van der Waals surface area contributed by atoms with Crippen molar-refractivity contribution in [3.8, 4) is 0 Å². The molecule has 1 aliphatic heterocycles. The summed E-state index contributed by atoms with van der Waals surface area (Å²) in [5.41, 5.74) is 0. The quantitative estimate of drug-likeness (QED) is 0.741. The Morgan fingerprint density at radius 1 is 1.38 bits per heavy atom. The van der Waals surface area contributed by atoms with E-state index < -0.39 is 6.09 Å². The fourth-order valence-electron chi connectivity index (χ4n) is 1.86. The fraction of sp³-hybridized carbons (Fsp3) is 0.833. The Morgan fingerprint density at radius 3 is 2.69 bits per heavy atom. The van der Waals surface area contributed by atoms with Crippen LogP contribution in [0.4, 0.5) is 4.79 Å². The van der Waals surface area contributed by atoms with Gasteiger partial charge in [0.15, 0.2) is 0 Å². The van der Waals surface area contributed by atoms with Crippen molar-refractivity contribution in [2.75, 3.05) is 13.2 Å². The monoisotopic (exact) mass is 227 g/mol. The van der Waals surface area contributed by atoms with E-state index in [1.54, 1.807) is 0 Å². The van der Waals surface area contributed by atoms with Crippen molar-refractivity contribution in [3.05, 3.63) is 0 Å². The predicted octanol–water partition coefficient (Wildman–Crippen LogP) is 2.57. The summed E-state index contributed by atoms with van der Waals surface area (Å²) in [4.78, 5) is 24.7. The van der Waals surface area contributed by atoms with Gasteiger partial charge in [-0.1, -0.05) is 26.7 Å². The molecule has 4 heteroatoms. The van der Waals surface area contributed by atoms with Gasteiger partial charge in [0.2, 0.25) is 5.91 Å². The zero-order valence-electron chi connectivity index (χ0n) is 10.2. The third kappa shape index (κ3) is 3.51. The first-order valence-electron chi connectivity index (χ1n) is 6.16. The predicted molar refractivity (Wildman–Crippen MR) is 61.0 cm³/mol. The fourth-order valence-corrected chi connectivity index (χ4v) is 1.86. The number of amides is 2. The van der Waals surface area contributed by atoms with Crippen LogP contribution in [-0.4, -0.2) is 30.1 Å². The molecule has 92 valence electrons. The molecule has 4 nitrogen and oxygen atoms in total. The van der Waals surface area contributed by atoms with Crippen LogP contribution in [0.1, 0.15) is 46.0 Å². The van der Waals surface area contributed by atoms with Crippen molar-refractivity contribution in [2.45, 2.75) is 46.0 Å².